The van der Waals surface area contributed by atoms with E-state index in [9.17, 15) is 18.4 Å². The summed E-state index contributed by atoms with van der Waals surface area (Å²) in [4.78, 5) is 24.2. The maximum atomic E-state index is 14.0. The lowest BCUT2D eigenvalue weighted by Gasteiger charge is -2.20. The highest BCUT2D eigenvalue weighted by molar-refractivity contribution is 7.98. The highest BCUT2D eigenvalue weighted by atomic mass is 32.2. The van der Waals surface area contributed by atoms with Crippen molar-refractivity contribution >= 4 is 23.6 Å². The summed E-state index contributed by atoms with van der Waals surface area (Å²) in [6, 6.07) is 6.98. The second-order valence-electron chi connectivity index (χ2n) is 7.38. The van der Waals surface area contributed by atoms with E-state index in [0.29, 0.717) is 5.56 Å². The molecule has 0 bridgehead atoms. The summed E-state index contributed by atoms with van der Waals surface area (Å²) in [7, 11) is 0. The SMILES string of the molecule is CC(=O)c1ccc(F)c(SNC(=O)Cc2c(C(C)C)cc(F)cc2C(C)C)c1. The second-order valence-corrected chi connectivity index (χ2v) is 8.23. The zero-order valence-electron chi connectivity index (χ0n) is 16.7. The van der Waals surface area contributed by atoms with Gasteiger partial charge in [-0.1, -0.05) is 27.7 Å². The number of hydrogen-bond donors (Lipinski definition) is 1. The van der Waals surface area contributed by atoms with Crippen LogP contribution in [0.1, 0.15) is 73.5 Å². The minimum Gasteiger partial charge on any atom is -0.296 e. The topological polar surface area (TPSA) is 46.2 Å². The fraction of sp³-hybridized carbons (Fsp3) is 0.364. The van der Waals surface area contributed by atoms with Gasteiger partial charge >= 0.3 is 0 Å². The molecule has 6 heteroatoms. The van der Waals surface area contributed by atoms with Crippen LogP contribution in [0.25, 0.3) is 0 Å². The molecule has 0 saturated heterocycles. The summed E-state index contributed by atoms with van der Waals surface area (Å²) in [6.45, 7) is 9.22. The summed E-state index contributed by atoms with van der Waals surface area (Å²) in [5, 5.41) is 0. The average molecular weight is 406 g/mol. The first-order valence-electron chi connectivity index (χ1n) is 9.18. The standard InChI is InChI=1S/C22H25F2NO2S/c1-12(2)17-9-16(23)10-18(13(3)4)19(17)11-22(27)25-28-21-8-15(14(5)26)6-7-20(21)24/h6-10,12-13H,11H2,1-5H3,(H,25,27). The molecule has 0 radical (unpaired) electrons. The lowest BCUT2D eigenvalue weighted by Crippen LogP contribution is -2.21. The number of carbonyl (C=O) groups is 2. The van der Waals surface area contributed by atoms with Gasteiger partial charge < -0.3 is 0 Å². The van der Waals surface area contributed by atoms with Crippen LogP contribution in [0.2, 0.25) is 0 Å². The van der Waals surface area contributed by atoms with Crippen LogP contribution < -0.4 is 4.72 Å². The molecule has 1 amide bonds. The van der Waals surface area contributed by atoms with E-state index in [4.69, 9.17) is 0 Å². The van der Waals surface area contributed by atoms with Crippen LogP contribution in [0, 0.1) is 11.6 Å². The predicted octanol–water partition coefficient (Wildman–Crippen LogP) is 5.78. The van der Waals surface area contributed by atoms with E-state index in [2.05, 4.69) is 4.72 Å². The number of hydrogen-bond acceptors (Lipinski definition) is 3. The minimum atomic E-state index is -0.511. The first kappa shape index (κ1) is 22.1. The van der Waals surface area contributed by atoms with Crippen molar-refractivity contribution in [2.24, 2.45) is 0 Å². The number of amides is 1. The van der Waals surface area contributed by atoms with Gasteiger partial charge in [-0.25, -0.2) is 8.78 Å². The Kier molecular flexibility index (Phi) is 7.35. The Morgan fingerprint density at radius 2 is 1.57 bits per heavy atom. The number of nitrogens with one attached hydrogen (secondary N) is 1. The Labute approximate surface area is 169 Å². The van der Waals surface area contributed by atoms with Crippen molar-refractivity contribution < 1.29 is 18.4 Å². The van der Waals surface area contributed by atoms with E-state index in [1.54, 1.807) is 0 Å². The number of Topliss-reactive ketones (excluding diaryl/α,β-unsaturated/α-hetero) is 1. The van der Waals surface area contributed by atoms with Crippen LogP contribution >= 0.6 is 11.9 Å². The van der Waals surface area contributed by atoms with Gasteiger partial charge in [0.15, 0.2) is 5.78 Å². The Bertz CT molecular complexity index is 865. The zero-order chi connectivity index (χ0) is 21.0. The lowest BCUT2D eigenvalue weighted by molar-refractivity contribution is -0.118. The summed E-state index contributed by atoms with van der Waals surface area (Å²) in [6.07, 6.45) is 0.0718. The molecule has 0 aliphatic rings. The molecule has 0 saturated carbocycles. The maximum Gasteiger partial charge on any atom is 0.234 e. The van der Waals surface area contributed by atoms with Crippen molar-refractivity contribution in [1.82, 2.24) is 4.72 Å². The smallest absolute Gasteiger partial charge is 0.234 e. The fourth-order valence-corrected chi connectivity index (χ4v) is 3.67. The summed E-state index contributed by atoms with van der Waals surface area (Å²) in [5.41, 5.74) is 2.78. The molecule has 150 valence electrons. The van der Waals surface area contributed by atoms with Gasteiger partial charge in [-0.15, -0.1) is 0 Å². The van der Waals surface area contributed by atoms with Crippen molar-refractivity contribution in [1.29, 1.82) is 0 Å². The van der Waals surface area contributed by atoms with E-state index >= 15 is 0 Å². The molecule has 2 rings (SSSR count). The predicted molar refractivity (Wildman–Crippen MR) is 109 cm³/mol. The molecule has 28 heavy (non-hydrogen) atoms. The van der Waals surface area contributed by atoms with Gasteiger partial charge in [0.05, 0.1) is 11.3 Å². The van der Waals surface area contributed by atoms with E-state index in [0.717, 1.165) is 28.6 Å². The van der Waals surface area contributed by atoms with Gasteiger partial charge in [0.1, 0.15) is 11.6 Å². The molecular formula is C22H25F2NO2S. The van der Waals surface area contributed by atoms with Crippen LogP contribution in [0.5, 0.6) is 0 Å². The largest absolute Gasteiger partial charge is 0.296 e. The molecule has 2 aromatic rings. The van der Waals surface area contributed by atoms with Crippen molar-refractivity contribution in [3.63, 3.8) is 0 Å². The number of ketones is 1. The number of carbonyl (C=O) groups excluding carboxylic acids is 2. The van der Waals surface area contributed by atoms with Gasteiger partial charge in [0.2, 0.25) is 5.91 Å². The van der Waals surface area contributed by atoms with Crippen LogP contribution in [0.3, 0.4) is 0 Å². The molecular weight excluding hydrogens is 380 g/mol. The summed E-state index contributed by atoms with van der Waals surface area (Å²) < 4.78 is 30.6. The van der Waals surface area contributed by atoms with E-state index in [-0.39, 0.29) is 40.7 Å². The van der Waals surface area contributed by atoms with Crippen molar-refractivity contribution in [2.45, 2.75) is 57.8 Å². The van der Waals surface area contributed by atoms with Gasteiger partial charge in [-0.3, -0.25) is 14.3 Å². The molecule has 0 aliphatic carbocycles. The first-order valence-corrected chi connectivity index (χ1v) is 10.00. The zero-order valence-corrected chi connectivity index (χ0v) is 17.5. The van der Waals surface area contributed by atoms with Gasteiger partial charge in [0.25, 0.3) is 0 Å². The highest BCUT2D eigenvalue weighted by Crippen LogP contribution is 2.30. The van der Waals surface area contributed by atoms with Crippen LogP contribution in [-0.2, 0) is 11.2 Å². The molecule has 0 aromatic heterocycles. The quantitative estimate of drug-likeness (QED) is 0.469. The molecule has 1 N–H and O–H groups in total. The maximum absolute atomic E-state index is 14.0. The average Bonchev–Trinajstić information content (AvgIpc) is 2.61. The van der Waals surface area contributed by atoms with Crippen molar-refractivity contribution in [2.75, 3.05) is 0 Å². The molecule has 0 spiro atoms. The fourth-order valence-electron chi connectivity index (χ4n) is 3.02. The molecule has 0 unspecified atom stereocenters. The first-order chi connectivity index (χ1) is 13.1. The van der Waals surface area contributed by atoms with E-state index < -0.39 is 5.82 Å². The summed E-state index contributed by atoms with van der Waals surface area (Å²) in [5.74, 6) is -1.19. The van der Waals surface area contributed by atoms with Gasteiger partial charge in [0, 0.05) is 5.56 Å². The number of halogens is 2. The third kappa shape index (κ3) is 5.41. The highest BCUT2D eigenvalue weighted by Gasteiger charge is 2.19. The van der Waals surface area contributed by atoms with Crippen LogP contribution in [-0.4, -0.2) is 11.7 Å². The second kappa shape index (κ2) is 9.32. The molecule has 2 aromatic carbocycles. The van der Waals surface area contributed by atoms with Crippen LogP contribution in [0.15, 0.2) is 35.2 Å². The number of rotatable bonds is 7. The third-order valence-electron chi connectivity index (χ3n) is 4.48. The number of benzene rings is 2. The summed E-state index contributed by atoms with van der Waals surface area (Å²) >= 11 is 0.837. The molecule has 3 nitrogen and oxygen atoms in total. The Morgan fingerprint density at radius 3 is 2.07 bits per heavy atom. The van der Waals surface area contributed by atoms with Crippen molar-refractivity contribution in [3.05, 3.63) is 64.2 Å². The minimum absolute atomic E-state index is 0.0633. The Hall–Kier alpha value is -2.21. The molecule has 0 fully saturated rings. The molecule has 0 atom stereocenters. The lowest BCUT2D eigenvalue weighted by atomic mass is 9.87. The van der Waals surface area contributed by atoms with Crippen LogP contribution in [0.4, 0.5) is 8.78 Å². The van der Waals surface area contributed by atoms with Gasteiger partial charge in [-0.2, -0.15) is 0 Å². The normalized spacial score (nSPS) is 11.2. The molecule has 0 heterocycles. The van der Waals surface area contributed by atoms with E-state index in [1.165, 1.54) is 37.3 Å². The molecule has 0 aliphatic heterocycles. The monoisotopic (exact) mass is 405 g/mol. The Morgan fingerprint density at radius 1 is 1.00 bits per heavy atom. The Balaban J connectivity index is 2.22. The van der Waals surface area contributed by atoms with Crippen molar-refractivity contribution in [3.8, 4) is 0 Å². The third-order valence-corrected chi connectivity index (χ3v) is 5.34. The van der Waals surface area contributed by atoms with Gasteiger partial charge in [-0.05, 0) is 77.7 Å². The van der Waals surface area contributed by atoms with E-state index in [1.807, 2.05) is 27.7 Å².